The minimum Gasteiger partial charge on any atom is -0.478 e. The second-order valence-electron chi connectivity index (χ2n) is 13.5. The minimum absolute atomic E-state index is 0.0779. The molecular weight excluding hydrogens is 436 g/mol. The van der Waals surface area contributed by atoms with Crippen molar-refractivity contribution >= 4 is 17.6 Å². The smallest absolute Gasteiger partial charge is 0.335 e. The molecule has 1 heterocycles. The number of amides is 1. The van der Waals surface area contributed by atoms with Crippen molar-refractivity contribution in [2.24, 2.45) is 27.7 Å². The van der Waals surface area contributed by atoms with Crippen molar-refractivity contribution in [2.75, 3.05) is 0 Å². The van der Waals surface area contributed by atoms with Gasteiger partial charge in [0.2, 0.25) is 0 Å². The first-order chi connectivity index (χ1) is 16.1. The van der Waals surface area contributed by atoms with E-state index in [9.17, 15) is 14.7 Å². The second kappa shape index (κ2) is 10.1. The van der Waals surface area contributed by atoms with Crippen molar-refractivity contribution < 1.29 is 14.7 Å². The first kappa shape index (κ1) is 27.4. The van der Waals surface area contributed by atoms with Gasteiger partial charge in [-0.1, -0.05) is 67.5 Å². The van der Waals surface area contributed by atoms with Gasteiger partial charge in [0.1, 0.15) is 11.4 Å². The summed E-state index contributed by atoms with van der Waals surface area (Å²) in [6.07, 6.45) is 6.40. The third-order valence-corrected chi connectivity index (χ3v) is 7.89. The van der Waals surface area contributed by atoms with Gasteiger partial charge in [0.25, 0.3) is 5.91 Å². The largest absolute Gasteiger partial charge is 0.478 e. The molecule has 194 valence electrons. The van der Waals surface area contributed by atoms with Crippen molar-refractivity contribution in [3.8, 4) is 0 Å². The third-order valence-electron chi connectivity index (χ3n) is 7.89. The fourth-order valence-electron chi connectivity index (χ4n) is 5.79. The molecule has 2 aliphatic rings. The Morgan fingerprint density at radius 3 is 2.11 bits per heavy atom. The molecule has 1 saturated carbocycles. The normalized spacial score (nSPS) is 24.3. The number of aromatic carboxylic acids is 1. The van der Waals surface area contributed by atoms with E-state index in [1.54, 1.807) is 12.1 Å². The summed E-state index contributed by atoms with van der Waals surface area (Å²) in [5, 5.41) is 9.40. The molecule has 1 amide bonds. The molecule has 0 radical (unpaired) electrons. The molecule has 1 aliphatic carbocycles. The molecule has 5 heteroatoms. The molecule has 0 aromatic heterocycles. The van der Waals surface area contributed by atoms with Crippen molar-refractivity contribution in [1.82, 2.24) is 4.90 Å². The van der Waals surface area contributed by atoms with Crippen LogP contribution in [0.5, 0.6) is 0 Å². The number of hydrogen-bond donors (Lipinski definition) is 1. The molecular formula is C30H46N2O3. The van der Waals surface area contributed by atoms with Crippen LogP contribution in [0, 0.1) is 22.7 Å². The van der Waals surface area contributed by atoms with Crippen molar-refractivity contribution in [3.05, 3.63) is 35.4 Å². The van der Waals surface area contributed by atoms with E-state index >= 15 is 0 Å². The number of carboxylic acid groups (broad SMARTS) is 1. The Hall–Kier alpha value is -2.17. The van der Waals surface area contributed by atoms with Crippen LogP contribution in [0.1, 0.15) is 122 Å². The highest BCUT2D eigenvalue weighted by molar-refractivity contribution is 6.40. The first-order valence-electron chi connectivity index (χ1n) is 13.4. The van der Waals surface area contributed by atoms with Gasteiger partial charge < -0.3 is 10.0 Å². The molecule has 0 bridgehead atoms. The summed E-state index contributed by atoms with van der Waals surface area (Å²) in [6, 6.07) is 7.02. The van der Waals surface area contributed by atoms with E-state index in [-0.39, 0.29) is 28.3 Å². The van der Waals surface area contributed by atoms with Crippen molar-refractivity contribution in [1.29, 1.82) is 0 Å². The summed E-state index contributed by atoms with van der Waals surface area (Å²) in [6.45, 7) is 17.9. The molecule has 5 nitrogen and oxygen atoms in total. The average Bonchev–Trinajstić information content (AvgIpc) is 2.98. The Labute approximate surface area is 212 Å². The molecule has 1 aromatic carbocycles. The van der Waals surface area contributed by atoms with Gasteiger partial charge in [-0.3, -0.25) is 9.79 Å². The monoisotopic (exact) mass is 482 g/mol. The van der Waals surface area contributed by atoms with E-state index in [1.165, 1.54) is 0 Å². The maximum atomic E-state index is 14.0. The predicted molar refractivity (Wildman–Crippen MR) is 143 cm³/mol. The fraction of sp³-hybridized carbons (Fsp3) is 0.700. The lowest BCUT2D eigenvalue weighted by molar-refractivity contribution is -0.134. The van der Waals surface area contributed by atoms with Gasteiger partial charge in [-0.25, -0.2) is 4.79 Å². The molecule has 1 atom stereocenters. The molecule has 0 saturated heterocycles. The minimum atomic E-state index is -0.931. The van der Waals surface area contributed by atoms with Gasteiger partial charge in [0.15, 0.2) is 0 Å². The standard InChI is InChI=1S/C30H46N2O3/c1-20(2)19-24-26(33)32(30(31-24)17-13-23(14-18-30)29(6,7)8)25(15-16-28(3,4)5)21-9-11-22(12-10-21)27(34)35/h9-12,20,23,25H,13-19H2,1-8H3,(H,34,35)/t23?,25-,30?/m1/s1. The van der Waals surface area contributed by atoms with Crippen LogP contribution < -0.4 is 0 Å². The van der Waals surface area contributed by atoms with Gasteiger partial charge in [-0.15, -0.1) is 0 Å². The lowest BCUT2D eigenvalue weighted by Crippen LogP contribution is -2.51. The lowest BCUT2D eigenvalue weighted by Gasteiger charge is -2.48. The van der Waals surface area contributed by atoms with Crippen LogP contribution in [-0.4, -0.2) is 33.3 Å². The first-order valence-corrected chi connectivity index (χ1v) is 13.4. The summed E-state index contributed by atoms with van der Waals surface area (Å²) in [4.78, 5) is 32.8. The summed E-state index contributed by atoms with van der Waals surface area (Å²) in [5.74, 6) is 0.134. The third kappa shape index (κ3) is 6.34. The second-order valence-corrected chi connectivity index (χ2v) is 13.5. The van der Waals surface area contributed by atoms with Crippen LogP contribution in [0.25, 0.3) is 0 Å². The van der Waals surface area contributed by atoms with Gasteiger partial charge in [0.05, 0.1) is 11.6 Å². The van der Waals surface area contributed by atoms with Crippen LogP contribution in [0.3, 0.4) is 0 Å². The Balaban J connectivity index is 2.03. The molecule has 35 heavy (non-hydrogen) atoms. The van der Waals surface area contributed by atoms with Crippen molar-refractivity contribution in [2.45, 2.75) is 112 Å². The highest BCUT2D eigenvalue weighted by atomic mass is 16.4. The summed E-state index contributed by atoms with van der Waals surface area (Å²) >= 11 is 0. The number of rotatable bonds is 7. The Morgan fingerprint density at radius 2 is 1.66 bits per heavy atom. The number of hydrogen-bond acceptors (Lipinski definition) is 3. The molecule has 1 aromatic rings. The fourth-order valence-corrected chi connectivity index (χ4v) is 5.79. The number of carboxylic acids is 1. The van der Waals surface area contributed by atoms with Gasteiger partial charge in [-0.05, 0) is 85.3 Å². The quantitative estimate of drug-likeness (QED) is 0.437. The summed E-state index contributed by atoms with van der Waals surface area (Å²) in [7, 11) is 0. The van der Waals surface area contributed by atoms with Crippen LogP contribution in [0.15, 0.2) is 29.3 Å². The molecule has 0 unspecified atom stereocenters. The SMILES string of the molecule is CC(C)CC1=NC2(CCC(C(C)(C)C)CC2)N([C@H](CCC(C)(C)C)c2ccc(C(=O)O)cc2)C1=O. The molecule has 1 aliphatic heterocycles. The van der Waals surface area contributed by atoms with E-state index in [0.29, 0.717) is 18.3 Å². The number of carbonyl (C=O) groups excluding carboxylic acids is 1. The zero-order valence-electron chi connectivity index (χ0n) is 23.1. The number of benzene rings is 1. The summed E-state index contributed by atoms with van der Waals surface area (Å²) < 4.78 is 0. The predicted octanol–water partition coefficient (Wildman–Crippen LogP) is 7.51. The van der Waals surface area contributed by atoms with Crippen molar-refractivity contribution in [3.63, 3.8) is 0 Å². The van der Waals surface area contributed by atoms with Crippen LogP contribution in [-0.2, 0) is 4.79 Å². The molecule has 3 rings (SSSR count). The Morgan fingerprint density at radius 1 is 1.09 bits per heavy atom. The topological polar surface area (TPSA) is 70.0 Å². The van der Waals surface area contributed by atoms with Crippen LogP contribution in [0.4, 0.5) is 0 Å². The highest BCUT2D eigenvalue weighted by Gasteiger charge is 2.52. The average molecular weight is 483 g/mol. The molecule has 1 spiro atoms. The number of carbonyl (C=O) groups is 2. The van der Waals surface area contributed by atoms with E-state index < -0.39 is 11.6 Å². The highest BCUT2D eigenvalue weighted by Crippen LogP contribution is 2.50. The van der Waals surface area contributed by atoms with Crippen LogP contribution in [0.2, 0.25) is 0 Å². The molecule has 1 N–H and O–H groups in total. The number of aliphatic imine (C=N–C) groups is 1. The summed E-state index contributed by atoms with van der Waals surface area (Å²) in [5.41, 5.74) is 1.88. The van der Waals surface area contributed by atoms with E-state index in [2.05, 4.69) is 60.3 Å². The maximum absolute atomic E-state index is 14.0. The van der Waals surface area contributed by atoms with E-state index in [0.717, 1.165) is 49.8 Å². The maximum Gasteiger partial charge on any atom is 0.335 e. The Kier molecular flexibility index (Phi) is 7.88. The zero-order valence-corrected chi connectivity index (χ0v) is 23.1. The van der Waals surface area contributed by atoms with Gasteiger partial charge in [-0.2, -0.15) is 0 Å². The van der Waals surface area contributed by atoms with Gasteiger partial charge in [0, 0.05) is 0 Å². The number of nitrogens with zero attached hydrogens (tertiary/aromatic N) is 2. The molecule has 1 fully saturated rings. The lowest BCUT2D eigenvalue weighted by atomic mass is 9.69. The van der Waals surface area contributed by atoms with E-state index in [4.69, 9.17) is 4.99 Å². The van der Waals surface area contributed by atoms with Crippen LogP contribution >= 0.6 is 0 Å². The van der Waals surface area contributed by atoms with Gasteiger partial charge >= 0.3 is 5.97 Å². The zero-order chi connectivity index (χ0) is 26.2. The van der Waals surface area contributed by atoms with E-state index in [1.807, 2.05) is 12.1 Å². The Bertz CT molecular complexity index is 939.